The van der Waals surface area contributed by atoms with Crippen molar-refractivity contribution in [2.45, 2.75) is 95.7 Å². The Morgan fingerprint density at radius 2 is 1.31 bits per heavy atom. The van der Waals surface area contributed by atoms with Crippen molar-refractivity contribution in [1.29, 1.82) is 0 Å². The number of aliphatic hydroxyl groups excluding tert-OH is 1. The topological polar surface area (TPSA) is 52.9 Å². The second-order valence-electron chi connectivity index (χ2n) is 11.4. The molecule has 0 radical (unpaired) electrons. The lowest BCUT2D eigenvalue weighted by Gasteiger charge is -2.42. The first-order valence-electron chi connectivity index (χ1n) is 13.2. The quantitative estimate of drug-likeness (QED) is 0.272. The number of aliphatic hydroxyl groups is 2. The van der Waals surface area contributed by atoms with E-state index in [1.54, 1.807) is 0 Å². The smallest absolute Gasteiger partial charge is 0.258 e. The van der Waals surface area contributed by atoms with Crippen molar-refractivity contribution in [3.8, 4) is 5.75 Å². The van der Waals surface area contributed by atoms with Crippen LogP contribution in [0.3, 0.4) is 0 Å². The lowest BCUT2D eigenvalue weighted by molar-refractivity contribution is -0.0502. The Morgan fingerprint density at radius 3 is 1.75 bits per heavy atom. The van der Waals surface area contributed by atoms with Crippen LogP contribution in [-0.2, 0) is 5.60 Å². The number of halogens is 2. The van der Waals surface area contributed by atoms with Crippen LogP contribution in [-0.4, -0.2) is 42.6 Å². The molecule has 1 fully saturated rings. The average molecular weight is 642 g/mol. The number of benzene rings is 2. The number of hydrogen-bond donors (Lipinski definition) is 2. The standard InChI is InChI=1S/C29H43Br2NO3Si/c1-19(2)36(20(3)4,21(5)6)35-27-10-8-23(9-11-27)28(33)22(7)32-14-12-29(34,13-15-32)24-16-25(30)18-26(31)17-24/h8-11,16-22,28,33-34H,12-15H2,1-7H3/t22-,28?/m1/s1. The summed E-state index contributed by atoms with van der Waals surface area (Å²) in [5.74, 6) is 0.907. The lowest BCUT2D eigenvalue weighted by Crippen LogP contribution is -2.50. The molecule has 3 rings (SSSR count). The van der Waals surface area contributed by atoms with E-state index in [0.29, 0.717) is 29.5 Å². The second-order valence-corrected chi connectivity index (χ2v) is 18.6. The Hall–Kier alpha value is -0.703. The van der Waals surface area contributed by atoms with Crippen molar-refractivity contribution in [3.63, 3.8) is 0 Å². The van der Waals surface area contributed by atoms with Crippen molar-refractivity contribution in [2.75, 3.05) is 13.1 Å². The Balaban J connectivity index is 1.67. The number of piperidine rings is 1. The molecule has 1 unspecified atom stereocenters. The van der Waals surface area contributed by atoms with E-state index in [4.69, 9.17) is 4.43 Å². The van der Waals surface area contributed by atoms with Gasteiger partial charge in [0.2, 0.25) is 0 Å². The van der Waals surface area contributed by atoms with Crippen LogP contribution in [0.15, 0.2) is 51.4 Å². The highest BCUT2D eigenvalue weighted by atomic mass is 79.9. The number of nitrogens with zero attached hydrogens (tertiary/aromatic N) is 1. The van der Waals surface area contributed by atoms with Gasteiger partial charge in [0.05, 0.1) is 11.7 Å². The van der Waals surface area contributed by atoms with Crippen molar-refractivity contribution in [2.24, 2.45) is 0 Å². The van der Waals surface area contributed by atoms with E-state index in [-0.39, 0.29) is 6.04 Å². The largest absolute Gasteiger partial charge is 0.543 e. The maximum absolute atomic E-state index is 11.3. The molecule has 4 nitrogen and oxygen atoms in total. The lowest BCUT2D eigenvalue weighted by atomic mass is 9.83. The van der Waals surface area contributed by atoms with Crippen LogP contribution in [0.1, 0.15) is 78.5 Å². The third-order valence-corrected chi connectivity index (χ3v) is 15.2. The van der Waals surface area contributed by atoms with Gasteiger partial charge in [0, 0.05) is 28.1 Å². The summed E-state index contributed by atoms with van der Waals surface area (Å²) in [7, 11) is -2.01. The maximum Gasteiger partial charge on any atom is 0.258 e. The van der Waals surface area contributed by atoms with E-state index in [1.165, 1.54) is 0 Å². The zero-order valence-electron chi connectivity index (χ0n) is 22.8. The predicted molar refractivity (Wildman–Crippen MR) is 159 cm³/mol. The molecule has 0 saturated carbocycles. The number of likely N-dealkylation sites (tertiary alicyclic amines) is 1. The molecule has 0 bridgehead atoms. The molecule has 2 aromatic carbocycles. The molecule has 2 N–H and O–H groups in total. The number of hydrogen-bond acceptors (Lipinski definition) is 4. The molecule has 7 heteroatoms. The molecule has 0 amide bonds. The first kappa shape index (κ1) is 29.8. The van der Waals surface area contributed by atoms with Gasteiger partial charge in [-0.25, -0.2) is 0 Å². The molecule has 36 heavy (non-hydrogen) atoms. The van der Waals surface area contributed by atoms with Crippen LogP contribution in [0.25, 0.3) is 0 Å². The normalized spacial score (nSPS) is 18.6. The third kappa shape index (κ3) is 6.29. The summed E-state index contributed by atoms with van der Waals surface area (Å²) >= 11 is 7.07. The molecular formula is C29H43Br2NO3Si. The van der Waals surface area contributed by atoms with E-state index in [0.717, 1.165) is 38.9 Å². The molecule has 0 aromatic heterocycles. The second kappa shape index (κ2) is 12.0. The molecule has 200 valence electrons. The van der Waals surface area contributed by atoms with E-state index in [9.17, 15) is 10.2 Å². The van der Waals surface area contributed by atoms with E-state index in [2.05, 4.69) is 85.2 Å². The molecule has 1 saturated heterocycles. The highest BCUT2D eigenvalue weighted by Crippen LogP contribution is 2.43. The van der Waals surface area contributed by atoms with Crippen molar-refractivity contribution < 1.29 is 14.6 Å². The Kier molecular flexibility index (Phi) is 9.95. The summed E-state index contributed by atoms with van der Waals surface area (Å²) < 4.78 is 8.70. The van der Waals surface area contributed by atoms with Gasteiger partial charge in [-0.1, -0.05) is 85.5 Å². The zero-order chi connectivity index (χ0) is 26.8. The molecule has 0 aliphatic carbocycles. The SMILES string of the molecule is CC(C)[Si](Oc1ccc(C(O)[C@@H](C)N2CCC(O)(c3cc(Br)cc(Br)c3)CC2)cc1)(C(C)C)C(C)C. The molecule has 0 spiro atoms. The summed E-state index contributed by atoms with van der Waals surface area (Å²) in [6.45, 7) is 17.3. The van der Waals surface area contributed by atoms with Gasteiger partial charge in [0.25, 0.3) is 8.32 Å². The van der Waals surface area contributed by atoms with E-state index in [1.807, 2.05) is 42.5 Å². The van der Waals surface area contributed by atoms with E-state index < -0.39 is 20.0 Å². The summed E-state index contributed by atoms with van der Waals surface area (Å²) in [5.41, 5.74) is 2.51. The minimum Gasteiger partial charge on any atom is -0.543 e. The van der Waals surface area contributed by atoms with Crippen molar-refractivity contribution in [1.82, 2.24) is 4.90 Å². The highest BCUT2D eigenvalue weighted by molar-refractivity contribution is 9.11. The number of rotatable bonds is 9. The molecule has 1 aliphatic rings. The molecule has 2 atom stereocenters. The molecule has 1 aliphatic heterocycles. The van der Waals surface area contributed by atoms with Gasteiger partial charge in [-0.2, -0.15) is 0 Å². The fraction of sp³-hybridized carbons (Fsp3) is 0.586. The minimum atomic E-state index is -2.01. The van der Waals surface area contributed by atoms with Gasteiger partial charge in [0.1, 0.15) is 5.75 Å². The Morgan fingerprint density at radius 1 is 0.833 bits per heavy atom. The Labute approximate surface area is 235 Å². The van der Waals surface area contributed by atoms with Gasteiger partial charge in [-0.15, -0.1) is 0 Å². The van der Waals surface area contributed by atoms with Gasteiger partial charge in [-0.3, -0.25) is 4.90 Å². The predicted octanol–water partition coefficient (Wildman–Crippen LogP) is 8.17. The van der Waals surface area contributed by atoms with Crippen LogP contribution in [0.5, 0.6) is 5.75 Å². The summed E-state index contributed by atoms with van der Waals surface area (Å²) in [4.78, 5) is 2.28. The van der Waals surface area contributed by atoms with E-state index >= 15 is 0 Å². The fourth-order valence-electron chi connectivity index (χ4n) is 6.18. The van der Waals surface area contributed by atoms with Crippen LogP contribution in [0, 0.1) is 0 Å². The van der Waals surface area contributed by atoms with Gasteiger partial charge in [0.15, 0.2) is 0 Å². The van der Waals surface area contributed by atoms with Gasteiger partial charge >= 0.3 is 0 Å². The molecule has 2 aromatic rings. The summed E-state index contributed by atoms with van der Waals surface area (Å²) in [6, 6.07) is 14.0. The molecule has 1 heterocycles. The van der Waals surface area contributed by atoms with Crippen molar-refractivity contribution in [3.05, 3.63) is 62.5 Å². The van der Waals surface area contributed by atoms with Gasteiger partial charge in [-0.05, 0) is 77.8 Å². The third-order valence-electron chi connectivity index (χ3n) is 8.28. The maximum atomic E-state index is 11.3. The Bertz CT molecular complexity index is 962. The summed E-state index contributed by atoms with van der Waals surface area (Å²) in [6.07, 6.45) is 0.658. The fourth-order valence-corrected chi connectivity index (χ4v) is 12.7. The van der Waals surface area contributed by atoms with Crippen LogP contribution >= 0.6 is 31.9 Å². The van der Waals surface area contributed by atoms with Crippen molar-refractivity contribution >= 4 is 40.2 Å². The monoisotopic (exact) mass is 639 g/mol. The van der Waals surface area contributed by atoms with Crippen LogP contribution < -0.4 is 4.43 Å². The first-order chi connectivity index (χ1) is 16.8. The first-order valence-corrected chi connectivity index (χ1v) is 16.9. The van der Waals surface area contributed by atoms with Crippen LogP contribution in [0.2, 0.25) is 16.6 Å². The average Bonchev–Trinajstić information content (AvgIpc) is 2.81. The minimum absolute atomic E-state index is 0.0500. The van der Waals surface area contributed by atoms with Gasteiger partial charge < -0.3 is 14.6 Å². The zero-order valence-corrected chi connectivity index (χ0v) is 26.9. The molecular weight excluding hydrogens is 598 g/mol. The summed E-state index contributed by atoms with van der Waals surface area (Å²) in [5, 5.41) is 22.5. The highest BCUT2D eigenvalue weighted by Gasteiger charge is 2.47. The van der Waals surface area contributed by atoms with Crippen LogP contribution in [0.4, 0.5) is 0 Å².